The first-order valence-corrected chi connectivity index (χ1v) is 9.90. The van der Waals surface area contributed by atoms with E-state index in [0.29, 0.717) is 18.7 Å². The third-order valence-corrected chi connectivity index (χ3v) is 6.30. The number of hydrogen-bond donors (Lipinski definition) is 2. The van der Waals surface area contributed by atoms with Crippen molar-refractivity contribution in [2.24, 2.45) is 0 Å². The number of piperidine rings is 1. The highest BCUT2D eigenvalue weighted by molar-refractivity contribution is 7.92. The van der Waals surface area contributed by atoms with Crippen molar-refractivity contribution in [2.45, 2.75) is 30.3 Å². The van der Waals surface area contributed by atoms with Gasteiger partial charge in [-0.15, -0.1) is 0 Å². The minimum atomic E-state index is -4.44. The quantitative estimate of drug-likeness (QED) is 0.762. The number of hydrogen-bond acceptors (Lipinski definition) is 5. The number of benzene rings is 1. The summed E-state index contributed by atoms with van der Waals surface area (Å²) < 4.78 is 64.2. The maximum atomic E-state index is 12.6. The molecule has 0 aromatic heterocycles. The first-order chi connectivity index (χ1) is 12.0. The van der Waals surface area contributed by atoms with Crippen molar-refractivity contribution in [3.8, 4) is 5.75 Å². The number of ether oxygens (including phenoxy) is 1. The Labute approximate surface area is 150 Å². The summed E-state index contributed by atoms with van der Waals surface area (Å²) in [5.74, 6) is -0.572. The van der Waals surface area contributed by atoms with E-state index in [1.807, 2.05) is 0 Å². The molecule has 146 valence electrons. The van der Waals surface area contributed by atoms with Crippen molar-refractivity contribution in [3.63, 3.8) is 0 Å². The Morgan fingerprint density at radius 2 is 1.96 bits per heavy atom. The predicted octanol–water partition coefficient (Wildman–Crippen LogP) is 1.41. The van der Waals surface area contributed by atoms with E-state index in [9.17, 15) is 26.4 Å². The van der Waals surface area contributed by atoms with E-state index in [1.165, 1.54) is 18.2 Å². The Morgan fingerprint density at radius 1 is 1.31 bits per heavy atom. The van der Waals surface area contributed by atoms with Crippen molar-refractivity contribution in [2.75, 3.05) is 26.0 Å². The maximum absolute atomic E-state index is 12.6. The highest BCUT2D eigenvalue weighted by atomic mass is 32.2. The van der Waals surface area contributed by atoms with Crippen molar-refractivity contribution < 1.29 is 31.1 Å². The van der Waals surface area contributed by atoms with Crippen LogP contribution in [0.1, 0.15) is 18.4 Å². The predicted molar refractivity (Wildman–Crippen MR) is 89.5 cm³/mol. The van der Waals surface area contributed by atoms with Gasteiger partial charge in [0, 0.05) is 12.8 Å². The van der Waals surface area contributed by atoms with Crippen LogP contribution in [-0.4, -0.2) is 51.2 Å². The first-order valence-electron chi connectivity index (χ1n) is 8.01. The Morgan fingerprint density at radius 3 is 2.54 bits per heavy atom. The van der Waals surface area contributed by atoms with Gasteiger partial charge in [0.05, 0.1) is 0 Å². The van der Waals surface area contributed by atoms with Gasteiger partial charge >= 0.3 is 6.18 Å². The molecule has 1 fully saturated rings. The van der Waals surface area contributed by atoms with Crippen LogP contribution in [0.2, 0.25) is 0 Å². The molecule has 2 N–H and O–H groups in total. The first kappa shape index (κ1) is 20.5. The summed E-state index contributed by atoms with van der Waals surface area (Å²) in [6, 6.07) is 5.86. The number of nitrogens with one attached hydrogen (secondary N) is 2. The summed E-state index contributed by atoms with van der Waals surface area (Å²) in [6.45, 7) is -0.581. The zero-order chi connectivity index (χ0) is 19.4. The molecule has 0 spiro atoms. The molecule has 0 unspecified atom stereocenters. The minimum absolute atomic E-state index is 0.00719. The lowest BCUT2D eigenvalue weighted by Gasteiger charge is -2.34. The number of carbonyl (C=O) groups is 1. The molecule has 0 radical (unpaired) electrons. The Hall–Kier alpha value is -1.81. The van der Waals surface area contributed by atoms with Gasteiger partial charge in [0.2, 0.25) is 5.91 Å². The molecule has 0 saturated carbocycles. The number of carbonyl (C=O) groups excluding carboxylic acids is 1. The molecule has 1 aliphatic heterocycles. The van der Waals surface area contributed by atoms with Gasteiger partial charge in [-0.05, 0) is 43.6 Å². The molecule has 1 aliphatic rings. The highest BCUT2D eigenvalue weighted by Crippen LogP contribution is 2.28. The van der Waals surface area contributed by atoms with E-state index < -0.39 is 33.3 Å². The van der Waals surface area contributed by atoms with Gasteiger partial charge in [-0.2, -0.15) is 13.2 Å². The van der Waals surface area contributed by atoms with Crippen LogP contribution in [0.15, 0.2) is 24.3 Å². The van der Waals surface area contributed by atoms with Gasteiger partial charge in [0.25, 0.3) is 0 Å². The van der Waals surface area contributed by atoms with Gasteiger partial charge in [-0.1, -0.05) is 12.1 Å². The molecular formula is C16H21F3N2O4S. The van der Waals surface area contributed by atoms with Crippen LogP contribution >= 0.6 is 0 Å². The van der Waals surface area contributed by atoms with Crippen LogP contribution in [0.5, 0.6) is 5.75 Å². The van der Waals surface area contributed by atoms with Crippen LogP contribution in [0.25, 0.3) is 0 Å². The standard InChI is InChI=1S/C16H21F3N2O4S/c1-26(23,24)15(5-7-20-8-6-15)14(22)21-10-12-3-2-4-13(9-12)25-11-16(17,18)19/h2-4,9,20H,5-8,10-11H2,1H3,(H,21,22). The van der Waals surface area contributed by atoms with E-state index in [0.717, 1.165) is 6.26 Å². The van der Waals surface area contributed by atoms with Crippen LogP contribution in [0, 0.1) is 0 Å². The Bertz CT molecular complexity index is 744. The Balaban J connectivity index is 2.04. The summed E-state index contributed by atoms with van der Waals surface area (Å²) >= 11 is 0. The van der Waals surface area contributed by atoms with E-state index in [4.69, 9.17) is 0 Å². The SMILES string of the molecule is CS(=O)(=O)C1(C(=O)NCc2cccc(OCC(F)(F)F)c2)CCNCC1. The molecule has 26 heavy (non-hydrogen) atoms. The molecule has 0 bridgehead atoms. The molecule has 0 atom stereocenters. The van der Waals surface area contributed by atoms with Gasteiger partial charge in [-0.25, -0.2) is 8.42 Å². The molecular weight excluding hydrogens is 373 g/mol. The summed E-state index contributed by atoms with van der Waals surface area (Å²) in [6.07, 6.45) is -3.05. The topological polar surface area (TPSA) is 84.5 Å². The van der Waals surface area contributed by atoms with E-state index in [2.05, 4.69) is 15.4 Å². The summed E-state index contributed by atoms with van der Waals surface area (Å²) in [7, 11) is -3.63. The van der Waals surface area contributed by atoms with Gasteiger partial charge in [-0.3, -0.25) is 4.79 Å². The van der Waals surface area contributed by atoms with Crippen LogP contribution in [0.3, 0.4) is 0 Å². The molecule has 1 amide bonds. The number of alkyl halides is 3. The lowest BCUT2D eigenvalue weighted by atomic mass is 9.95. The largest absolute Gasteiger partial charge is 0.484 e. The van der Waals surface area contributed by atoms with Crippen molar-refractivity contribution in [1.29, 1.82) is 0 Å². The maximum Gasteiger partial charge on any atom is 0.422 e. The highest BCUT2D eigenvalue weighted by Gasteiger charge is 2.48. The molecule has 1 aromatic rings. The lowest BCUT2D eigenvalue weighted by molar-refractivity contribution is -0.153. The third kappa shape index (κ3) is 5.10. The third-order valence-electron chi connectivity index (χ3n) is 4.29. The van der Waals surface area contributed by atoms with Crippen molar-refractivity contribution in [3.05, 3.63) is 29.8 Å². The second-order valence-electron chi connectivity index (χ2n) is 6.25. The molecule has 6 nitrogen and oxygen atoms in total. The Kier molecular flexibility index (Phi) is 6.17. The van der Waals surface area contributed by atoms with Crippen molar-refractivity contribution >= 4 is 15.7 Å². The average Bonchev–Trinajstić information content (AvgIpc) is 2.57. The fourth-order valence-electron chi connectivity index (χ4n) is 2.85. The molecule has 1 aromatic carbocycles. The normalized spacial score (nSPS) is 17.5. The zero-order valence-corrected chi connectivity index (χ0v) is 15.0. The van der Waals surface area contributed by atoms with Crippen LogP contribution in [-0.2, 0) is 21.2 Å². The van der Waals surface area contributed by atoms with E-state index in [1.54, 1.807) is 6.07 Å². The number of amides is 1. The second kappa shape index (κ2) is 7.83. The van der Waals surface area contributed by atoms with Gasteiger partial charge in [0.1, 0.15) is 5.75 Å². The molecule has 1 heterocycles. The average molecular weight is 394 g/mol. The fourth-order valence-corrected chi connectivity index (χ4v) is 4.21. The number of rotatable bonds is 6. The fraction of sp³-hybridized carbons (Fsp3) is 0.562. The summed E-state index contributed by atoms with van der Waals surface area (Å²) in [5, 5.41) is 5.61. The van der Waals surface area contributed by atoms with E-state index >= 15 is 0 Å². The monoisotopic (exact) mass is 394 g/mol. The zero-order valence-electron chi connectivity index (χ0n) is 14.2. The number of sulfone groups is 1. The van der Waals surface area contributed by atoms with E-state index in [-0.39, 0.29) is 25.1 Å². The second-order valence-corrected chi connectivity index (χ2v) is 8.58. The minimum Gasteiger partial charge on any atom is -0.484 e. The number of halogens is 3. The van der Waals surface area contributed by atoms with Crippen LogP contribution < -0.4 is 15.4 Å². The molecule has 1 saturated heterocycles. The van der Waals surface area contributed by atoms with Crippen molar-refractivity contribution in [1.82, 2.24) is 10.6 Å². The van der Waals surface area contributed by atoms with Crippen LogP contribution in [0.4, 0.5) is 13.2 Å². The van der Waals surface area contributed by atoms with Gasteiger partial charge < -0.3 is 15.4 Å². The molecule has 2 rings (SSSR count). The lowest BCUT2D eigenvalue weighted by Crippen LogP contribution is -2.57. The molecule has 0 aliphatic carbocycles. The smallest absolute Gasteiger partial charge is 0.422 e. The van der Waals surface area contributed by atoms with Gasteiger partial charge in [0.15, 0.2) is 21.2 Å². The summed E-state index contributed by atoms with van der Waals surface area (Å²) in [4.78, 5) is 12.6. The summed E-state index contributed by atoms with van der Waals surface area (Å²) in [5.41, 5.74) is 0.510. The molecule has 10 heteroatoms.